The first kappa shape index (κ1) is 12.9. The van der Waals surface area contributed by atoms with E-state index in [1.807, 2.05) is 0 Å². The molecule has 0 aliphatic heterocycles. The van der Waals surface area contributed by atoms with Crippen LogP contribution in [0.5, 0.6) is 0 Å². The molecular formula is C11H15NO3S. The number of benzene rings is 1. The van der Waals surface area contributed by atoms with Crippen LogP contribution in [0.25, 0.3) is 0 Å². The summed E-state index contributed by atoms with van der Waals surface area (Å²) in [5.41, 5.74) is 1.07. The number of nitrogens with one attached hydrogen (secondary N) is 1. The maximum absolute atomic E-state index is 11.6. The number of likely N-dealkylation sites (N-methyl/N-ethyl adjacent to an activating group) is 1. The molecule has 1 rings (SSSR count). The van der Waals surface area contributed by atoms with E-state index in [1.165, 1.54) is 6.07 Å². The average molecular weight is 241 g/mol. The number of hydrogen-bond donors (Lipinski definition) is 1. The summed E-state index contributed by atoms with van der Waals surface area (Å²) >= 11 is 0. The van der Waals surface area contributed by atoms with Crippen LogP contribution in [0.3, 0.4) is 0 Å². The highest BCUT2D eigenvalue weighted by atomic mass is 32.2. The molecule has 0 aliphatic carbocycles. The first-order valence-electron chi connectivity index (χ1n) is 4.84. The van der Waals surface area contributed by atoms with Gasteiger partial charge in [0.25, 0.3) is 0 Å². The van der Waals surface area contributed by atoms with E-state index in [0.29, 0.717) is 11.1 Å². The molecule has 0 radical (unpaired) electrons. The Morgan fingerprint density at radius 2 is 2.00 bits per heavy atom. The molecule has 0 atom stereocenters. The Bertz CT molecular complexity index is 506. The maximum Gasteiger partial charge on any atom is 0.176 e. The average Bonchev–Trinajstić information content (AvgIpc) is 2.16. The third-order valence-corrected chi connectivity index (χ3v) is 3.49. The molecule has 1 aromatic rings. The Labute approximate surface area is 95.6 Å². The second-order valence-electron chi connectivity index (χ2n) is 3.71. The lowest BCUT2D eigenvalue weighted by atomic mass is 10.1. The molecule has 0 aliphatic rings. The minimum absolute atomic E-state index is 0.118. The van der Waals surface area contributed by atoms with Gasteiger partial charge in [0.05, 0.1) is 11.4 Å². The van der Waals surface area contributed by atoms with Crippen molar-refractivity contribution in [1.82, 2.24) is 5.32 Å². The number of aryl methyl sites for hydroxylation is 1. The van der Waals surface area contributed by atoms with Crippen LogP contribution in [0, 0.1) is 6.92 Å². The van der Waals surface area contributed by atoms with Gasteiger partial charge in [-0.15, -0.1) is 0 Å². The van der Waals surface area contributed by atoms with Crippen molar-refractivity contribution in [3.8, 4) is 0 Å². The molecule has 0 unspecified atom stereocenters. The standard InChI is InChI=1S/C11H15NO3S/c1-8-4-5-9(10(13)7-12-2)6-11(8)16(3,14)15/h4-6,12H,7H2,1-3H3. The SMILES string of the molecule is CNCC(=O)c1ccc(C)c(S(C)(=O)=O)c1. The van der Waals surface area contributed by atoms with Crippen LogP contribution in [0.2, 0.25) is 0 Å². The zero-order chi connectivity index (χ0) is 12.3. The monoisotopic (exact) mass is 241 g/mol. The lowest BCUT2D eigenvalue weighted by Crippen LogP contribution is -2.19. The number of carbonyl (C=O) groups excluding carboxylic acids is 1. The van der Waals surface area contributed by atoms with E-state index in [-0.39, 0.29) is 17.2 Å². The molecule has 5 heteroatoms. The minimum atomic E-state index is -3.28. The molecule has 1 aromatic carbocycles. The van der Waals surface area contributed by atoms with Crippen LogP contribution >= 0.6 is 0 Å². The highest BCUT2D eigenvalue weighted by Gasteiger charge is 2.14. The largest absolute Gasteiger partial charge is 0.313 e. The third-order valence-electron chi connectivity index (χ3n) is 2.25. The van der Waals surface area contributed by atoms with Crippen molar-refractivity contribution in [2.45, 2.75) is 11.8 Å². The smallest absolute Gasteiger partial charge is 0.176 e. The predicted molar refractivity (Wildman–Crippen MR) is 62.5 cm³/mol. The van der Waals surface area contributed by atoms with Gasteiger partial charge in [0, 0.05) is 11.8 Å². The Balaban J connectivity index is 3.23. The predicted octanol–water partition coefficient (Wildman–Crippen LogP) is 0.801. The summed E-state index contributed by atoms with van der Waals surface area (Å²) in [5.74, 6) is -0.118. The summed E-state index contributed by atoms with van der Waals surface area (Å²) in [6.07, 6.45) is 1.14. The van der Waals surface area contributed by atoms with Gasteiger partial charge in [0.1, 0.15) is 0 Å². The van der Waals surface area contributed by atoms with Gasteiger partial charge >= 0.3 is 0 Å². The molecule has 0 aromatic heterocycles. The van der Waals surface area contributed by atoms with Crippen molar-refractivity contribution in [1.29, 1.82) is 0 Å². The fourth-order valence-corrected chi connectivity index (χ4v) is 2.43. The first-order valence-corrected chi connectivity index (χ1v) is 6.74. The van der Waals surface area contributed by atoms with Gasteiger partial charge in [-0.25, -0.2) is 8.42 Å². The lowest BCUT2D eigenvalue weighted by Gasteiger charge is -2.06. The van der Waals surface area contributed by atoms with Crippen molar-refractivity contribution in [3.63, 3.8) is 0 Å². The fraction of sp³-hybridized carbons (Fsp3) is 0.364. The molecule has 0 fully saturated rings. The molecule has 1 N–H and O–H groups in total. The van der Waals surface area contributed by atoms with E-state index >= 15 is 0 Å². The molecule has 16 heavy (non-hydrogen) atoms. The quantitative estimate of drug-likeness (QED) is 0.792. The normalized spacial score (nSPS) is 11.4. The number of sulfone groups is 1. The van der Waals surface area contributed by atoms with E-state index in [9.17, 15) is 13.2 Å². The Kier molecular flexibility index (Phi) is 3.83. The van der Waals surface area contributed by atoms with Crippen molar-refractivity contribution in [3.05, 3.63) is 29.3 Å². The molecule has 0 saturated carbocycles. The van der Waals surface area contributed by atoms with Crippen molar-refractivity contribution >= 4 is 15.6 Å². The van der Waals surface area contributed by atoms with E-state index in [0.717, 1.165) is 6.26 Å². The summed E-state index contributed by atoms with van der Waals surface area (Å²) in [7, 11) is -1.61. The van der Waals surface area contributed by atoms with Gasteiger partial charge in [-0.3, -0.25) is 4.79 Å². The Morgan fingerprint density at radius 1 is 1.38 bits per heavy atom. The van der Waals surface area contributed by atoms with E-state index in [4.69, 9.17) is 0 Å². The van der Waals surface area contributed by atoms with Crippen molar-refractivity contribution < 1.29 is 13.2 Å². The van der Waals surface area contributed by atoms with Crippen molar-refractivity contribution in [2.75, 3.05) is 19.8 Å². The van der Waals surface area contributed by atoms with E-state index in [1.54, 1.807) is 26.1 Å². The highest BCUT2D eigenvalue weighted by Crippen LogP contribution is 2.17. The second kappa shape index (κ2) is 4.76. The third kappa shape index (κ3) is 2.90. The second-order valence-corrected chi connectivity index (χ2v) is 5.69. The molecule has 0 saturated heterocycles. The molecule has 4 nitrogen and oxygen atoms in total. The summed E-state index contributed by atoms with van der Waals surface area (Å²) in [6.45, 7) is 1.91. The van der Waals surface area contributed by atoms with Gasteiger partial charge in [0.2, 0.25) is 0 Å². The van der Waals surface area contributed by atoms with Crippen LogP contribution in [-0.4, -0.2) is 34.0 Å². The summed E-state index contributed by atoms with van der Waals surface area (Å²) in [5, 5.41) is 2.74. The number of carbonyl (C=O) groups is 1. The summed E-state index contributed by atoms with van der Waals surface area (Å²) in [6, 6.07) is 4.73. The van der Waals surface area contributed by atoms with E-state index in [2.05, 4.69) is 5.32 Å². The number of rotatable bonds is 4. The van der Waals surface area contributed by atoms with Gasteiger partial charge in [-0.1, -0.05) is 12.1 Å². The van der Waals surface area contributed by atoms with Gasteiger partial charge in [-0.2, -0.15) is 0 Å². The minimum Gasteiger partial charge on any atom is -0.313 e. The number of hydrogen-bond acceptors (Lipinski definition) is 4. The molecule has 0 bridgehead atoms. The molecular weight excluding hydrogens is 226 g/mol. The molecule has 88 valence electrons. The zero-order valence-corrected chi connectivity index (χ0v) is 10.4. The molecule has 0 spiro atoms. The van der Waals surface area contributed by atoms with Crippen LogP contribution in [0.1, 0.15) is 15.9 Å². The van der Waals surface area contributed by atoms with Gasteiger partial charge in [0.15, 0.2) is 15.6 Å². The fourth-order valence-electron chi connectivity index (χ4n) is 1.44. The van der Waals surface area contributed by atoms with Crippen LogP contribution < -0.4 is 5.32 Å². The first-order chi connectivity index (χ1) is 7.36. The summed E-state index contributed by atoms with van der Waals surface area (Å²) in [4.78, 5) is 11.8. The van der Waals surface area contributed by atoms with Gasteiger partial charge < -0.3 is 5.32 Å². The highest BCUT2D eigenvalue weighted by molar-refractivity contribution is 7.90. The zero-order valence-electron chi connectivity index (χ0n) is 9.57. The van der Waals surface area contributed by atoms with E-state index < -0.39 is 9.84 Å². The van der Waals surface area contributed by atoms with Gasteiger partial charge in [-0.05, 0) is 25.6 Å². The van der Waals surface area contributed by atoms with Crippen LogP contribution in [-0.2, 0) is 9.84 Å². The van der Waals surface area contributed by atoms with Crippen LogP contribution in [0.4, 0.5) is 0 Å². The maximum atomic E-state index is 11.6. The number of Topliss-reactive ketones (excluding diaryl/α,β-unsaturated/α-hetero) is 1. The van der Waals surface area contributed by atoms with Crippen LogP contribution in [0.15, 0.2) is 23.1 Å². The number of ketones is 1. The topological polar surface area (TPSA) is 63.2 Å². The molecule has 0 heterocycles. The molecule has 0 amide bonds. The Hall–Kier alpha value is -1.20. The summed E-state index contributed by atoms with van der Waals surface area (Å²) < 4.78 is 22.9. The Morgan fingerprint density at radius 3 is 2.50 bits per heavy atom. The van der Waals surface area contributed by atoms with Crippen molar-refractivity contribution in [2.24, 2.45) is 0 Å². The lowest BCUT2D eigenvalue weighted by molar-refractivity contribution is 0.0993.